The second kappa shape index (κ2) is 9.29. The largest absolute Gasteiger partial charge is 0.443 e. The molecule has 8 heteroatoms. The Labute approximate surface area is 169 Å². The average molecular weight is 478 g/mol. The number of aliphatic imine (C=N–C) groups is 1. The third kappa shape index (κ3) is 5.93. The Kier molecular flexibility index (Phi) is 7.98. The molecule has 0 bridgehead atoms. The summed E-state index contributed by atoms with van der Waals surface area (Å²) < 4.78 is 32.6. The number of oxazole rings is 1. The molecule has 1 unspecified atom stereocenters. The van der Waals surface area contributed by atoms with Gasteiger partial charge in [-0.15, -0.1) is 24.0 Å². The summed E-state index contributed by atoms with van der Waals surface area (Å²) in [6.45, 7) is 8.25. The van der Waals surface area contributed by atoms with Crippen molar-refractivity contribution < 1.29 is 13.2 Å². The number of guanidine groups is 1. The van der Waals surface area contributed by atoms with Crippen LogP contribution in [0.2, 0.25) is 0 Å². The molecule has 0 spiro atoms. The minimum absolute atomic E-state index is 0. The normalized spacial score (nSPS) is 13.1. The number of hydrogen-bond acceptors (Lipinski definition) is 3. The molecule has 0 amide bonds. The van der Waals surface area contributed by atoms with Crippen LogP contribution in [-0.4, -0.2) is 18.0 Å². The lowest BCUT2D eigenvalue weighted by molar-refractivity contribution is 0.379. The number of rotatable bonds is 4. The minimum atomic E-state index is -0.602. The zero-order chi connectivity index (χ0) is 18.6. The molecule has 2 N–H and O–H groups in total. The summed E-state index contributed by atoms with van der Waals surface area (Å²) in [6, 6.07) is 3.12. The van der Waals surface area contributed by atoms with Crippen LogP contribution >= 0.6 is 24.0 Å². The van der Waals surface area contributed by atoms with Gasteiger partial charge in [0.1, 0.15) is 17.4 Å². The molecule has 1 heterocycles. The highest BCUT2D eigenvalue weighted by atomic mass is 127. The molecular weight excluding hydrogens is 453 g/mol. The first-order valence-corrected chi connectivity index (χ1v) is 8.08. The van der Waals surface area contributed by atoms with Crippen LogP contribution < -0.4 is 10.6 Å². The quantitative estimate of drug-likeness (QED) is 0.391. The van der Waals surface area contributed by atoms with E-state index in [-0.39, 0.29) is 35.4 Å². The molecular formula is C18H25F2IN4O. The molecule has 0 aliphatic rings. The molecule has 0 aliphatic carbocycles. The first-order chi connectivity index (χ1) is 11.7. The van der Waals surface area contributed by atoms with Crippen LogP contribution in [-0.2, 0) is 12.0 Å². The molecule has 5 nitrogen and oxygen atoms in total. The highest BCUT2D eigenvalue weighted by Crippen LogP contribution is 2.22. The summed E-state index contributed by atoms with van der Waals surface area (Å²) in [5.74, 6) is 0.599. The van der Waals surface area contributed by atoms with Gasteiger partial charge in [0.15, 0.2) is 5.96 Å². The summed E-state index contributed by atoms with van der Waals surface area (Å²) in [5, 5.41) is 6.13. The molecule has 0 saturated heterocycles. The molecule has 26 heavy (non-hydrogen) atoms. The lowest BCUT2D eigenvalue weighted by atomic mass is 9.94. The number of aromatic nitrogens is 1. The average Bonchev–Trinajstić information content (AvgIpc) is 3.00. The van der Waals surface area contributed by atoms with Crippen molar-refractivity contribution in [2.45, 2.75) is 45.7 Å². The van der Waals surface area contributed by atoms with E-state index in [1.54, 1.807) is 20.2 Å². The van der Waals surface area contributed by atoms with E-state index in [1.807, 2.05) is 20.8 Å². The molecule has 144 valence electrons. The molecule has 2 rings (SSSR count). The Bertz CT molecular complexity index is 756. The van der Waals surface area contributed by atoms with Crippen LogP contribution in [0.5, 0.6) is 0 Å². The molecule has 1 aromatic carbocycles. The zero-order valence-electron chi connectivity index (χ0n) is 15.6. The van der Waals surface area contributed by atoms with E-state index in [0.717, 1.165) is 11.8 Å². The van der Waals surface area contributed by atoms with Crippen molar-refractivity contribution in [1.82, 2.24) is 15.6 Å². The van der Waals surface area contributed by atoms with Crippen LogP contribution in [0.15, 0.2) is 33.8 Å². The molecule has 1 aromatic heterocycles. The van der Waals surface area contributed by atoms with Gasteiger partial charge in [0.25, 0.3) is 0 Å². The van der Waals surface area contributed by atoms with Gasteiger partial charge in [-0.1, -0.05) is 26.8 Å². The van der Waals surface area contributed by atoms with Gasteiger partial charge in [-0.05, 0) is 13.0 Å². The minimum Gasteiger partial charge on any atom is -0.443 e. The Balaban J connectivity index is 0.00000338. The van der Waals surface area contributed by atoms with Crippen molar-refractivity contribution in [3.05, 3.63) is 53.2 Å². The van der Waals surface area contributed by atoms with Crippen molar-refractivity contribution in [3.8, 4) is 0 Å². The summed E-state index contributed by atoms with van der Waals surface area (Å²) in [4.78, 5) is 8.34. The Morgan fingerprint density at radius 2 is 2.00 bits per heavy atom. The monoisotopic (exact) mass is 478 g/mol. The standard InChI is InChI=1S/C18H24F2N4O.HI/c1-11(13-7-6-12(19)8-14(13)20)24-17(21-5)23-10-16-22-9-15(25-16)18(2,3)4;/h6-9,11H,10H2,1-5H3,(H2,21,23,24);1H. The molecule has 2 aromatic rings. The Morgan fingerprint density at radius 3 is 2.54 bits per heavy atom. The Hall–Kier alpha value is -1.71. The van der Waals surface area contributed by atoms with Crippen molar-refractivity contribution in [3.63, 3.8) is 0 Å². The van der Waals surface area contributed by atoms with Crippen molar-refractivity contribution in [1.29, 1.82) is 0 Å². The van der Waals surface area contributed by atoms with Crippen LogP contribution in [0, 0.1) is 11.6 Å². The van der Waals surface area contributed by atoms with E-state index in [0.29, 0.717) is 24.0 Å². The second-order valence-electron chi connectivity index (χ2n) is 6.83. The first-order valence-electron chi connectivity index (χ1n) is 8.08. The molecule has 0 fully saturated rings. The van der Waals surface area contributed by atoms with E-state index >= 15 is 0 Å². The highest BCUT2D eigenvalue weighted by Gasteiger charge is 2.19. The number of nitrogens with one attached hydrogen (secondary N) is 2. The highest BCUT2D eigenvalue weighted by molar-refractivity contribution is 14.0. The predicted octanol–water partition coefficient (Wildman–Crippen LogP) is 4.29. The molecule has 1 atom stereocenters. The fourth-order valence-electron chi connectivity index (χ4n) is 2.23. The van der Waals surface area contributed by atoms with Gasteiger partial charge < -0.3 is 15.1 Å². The fourth-order valence-corrected chi connectivity index (χ4v) is 2.23. The van der Waals surface area contributed by atoms with Gasteiger partial charge in [0, 0.05) is 24.1 Å². The smallest absolute Gasteiger partial charge is 0.213 e. The van der Waals surface area contributed by atoms with Gasteiger partial charge in [0.05, 0.1) is 18.8 Å². The number of benzene rings is 1. The lowest BCUT2D eigenvalue weighted by Gasteiger charge is -2.18. The third-order valence-corrected chi connectivity index (χ3v) is 3.71. The van der Waals surface area contributed by atoms with Crippen LogP contribution in [0.4, 0.5) is 8.78 Å². The fraction of sp³-hybridized carbons (Fsp3) is 0.444. The summed E-state index contributed by atoms with van der Waals surface area (Å²) in [7, 11) is 1.61. The number of halogens is 3. The van der Waals surface area contributed by atoms with Gasteiger partial charge in [-0.25, -0.2) is 13.8 Å². The van der Waals surface area contributed by atoms with Gasteiger partial charge in [-0.2, -0.15) is 0 Å². The van der Waals surface area contributed by atoms with E-state index in [2.05, 4.69) is 20.6 Å². The van der Waals surface area contributed by atoms with E-state index in [4.69, 9.17) is 4.42 Å². The zero-order valence-corrected chi connectivity index (χ0v) is 17.9. The maximum atomic E-state index is 13.9. The van der Waals surface area contributed by atoms with E-state index < -0.39 is 11.6 Å². The van der Waals surface area contributed by atoms with E-state index in [9.17, 15) is 8.78 Å². The first kappa shape index (κ1) is 22.3. The topological polar surface area (TPSA) is 62.5 Å². The molecule has 0 saturated carbocycles. The van der Waals surface area contributed by atoms with Crippen LogP contribution in [0.25, 0.3) is 0 Å². The van der Waals surface area contributed by atoms with Crippen LogP contribution in [0.3, 0.4) is 0 Å². The second-order valence-corrected chi connectivity index (χ2v) is 6.83. The number of hydrogen-bond donors (Lipinski definition) is 2. The predicted molar refractivity (Wildman–Crippen MR) is 109 cm³/mol. The van der Waals surface area contributed by atoms with Crippen LogP contribution in [0.1, 0.15) is 51.0 Å². The van der Waals surface area contributed by atoms with Gasteiger partial charge in [-0.3, -0.25) is 4.99 Å². The lowest BCUT2D eigenvalue weighted by Crippen LogP contribution is -2.38. The van der Waals surface area contributed by atoms with Crippen molar-refractivity contribution in [2.75, 3.05) is 7.05 Å². The maximum Gasteiger partial charge on any atom is 0.213 e. The summed E-state index contributed by atoms with van der Waals surface area (Å²) >= 11 is 0. The summed E-state index contributed by atoms with van der Waals surface area (Å²) in [6.07, 6.45) is 1.71. The Morgan fingerprint density at radius 1 is 1.31 bits per heavy atom. The molecule has 0 radical (unpaired) electrons. The van der Waals surface area contributed by atoms with Crippen molar-refractivity contribution >= 4 is 29.9 Å². The van der Waals surface area contributed by atoms with E-state index in [1.165, 1.54) is 12.1 Å². The maximum absolute atomic E-state index is 13.9. The van der Waals surface area contributed by atoms with Gasteiger partial charge in [0.2, 0.25) is 5.89 Å². The summed E-state index contributed by atoms with van der Waals surface area (Å²) in [5.41, 5.74) is 0.246. The third-order valence-electron chi connectivity index (χ3n) is 3.71. The van der Waals surface area contributed by atoms with Gasteiger partial charge >= 0.3 is 0 Å². The number of nitrogens with zero attached hydrogens (tertiary/aromatic N) is 2. The van der Waals surface area contributed by atoms with Crippen molar-refractivity contribution in [2.24, 2.45) is 4.99 Å². The SMILES string of the molecule is CN=C(NCc1ncc(C(C)(C)C)o1)NC(C)c1ccc(F)cc1F.I. The molecule has 0 aliphatic heterocycles.